The number of ether oxygens (including phenoxy) is 1. The molecule has 14 heavy (non-hydrogen) atoms. The highest BCUT2D eigenvalue weighted by atomic mass is 16.5. The standard InChI is InChI=1S/C12H16O2/c1-4-10-8-11(9(3)13)6-7-12(10)14-5-2/h6-8H,4-5H2,1-3H3. The molecule has 0 radical (unpaired) electrons. The topological polar surface area (TPSA) is 26.3 Å². The van der Waals surface area contributed by atoms with Gasteiger partial charge in [-0.2, -0.15) is 0 Å². The van der Waals surface area contributed by atoms with Crippen molar-refractivity contribution >= 4 is 5.78 Å². The Bertz CT molecular complexity index is 329. The molecule has 0 heterocycles. The van der Waals surface area contributed by atoms with Crippen LogP contribution in [0.3, 0.4) is 0 Å². The summed E-state index contributed by atoms with van der Waals surface area (Å²) in [6.45, 7) is 6.25. The number of ketones is 1. The molecule has 1 aromatic carbocycles. The third-order valence-electron chi connectivity index (χ3n) is 2.15. The molecule has 0 atom stereocenters. The Morgan fingerprint density at radius 2 is 2.07 bits per heavy atom. The molecule has 0 spiro atoms. The van der Waals surface area contributed by atoms with E-state index in [1.54, 1.807) is 6.92 Å². The summed E-state index contributed by atoms with van der Waals surface area (Å²) in [6.07, 6.45) is 0.885. The summed E-state index contributed by atoms with van der Waals surface area (Å²) < 4.78 is 5.45. The highest BCUT2D eigenvalue weighted by Gasteiger charge is 2.05. The second kappa shape index (κ2) is 4.80. The molecule has 0 aliphatic rings. The van der Waals surface area contributed by atoms with Crippen molar-refractivity contribution in [2.45, 2.75) is 27.2 Å². The van der Waals surface area contributed by atoms with Crippen LogP contribution in [0.15, 0.2) is 18.2 Å². The summed E-state index contributed by atoms with van der Waals surface area (Å²) in [5, 5.41) is 0. The maximum absolute atomic E-state index is 11.1. The Morgan fingerprint density at radius 1 is 1.36 bits per heavy atom. The van der Waals surface area contributed by atoms with E-state index >= 15 is 0 Å². The number of carbonyl (C=O) groups excluding carboxylic acids is 1. The molecule has 0 amide bonds. The van der Waals surface area contributed by atoms with Crippen molar-refractivity contribution in [3.05, 3.63) is 29.3 Å². The lowest BCUT2D eigenvalue weighted by Gasteiger charge is -2.09. The summed E-state index contributed by atoms with van der Waals surface area (Å²) in [7, 11) is 0. The lowest BCUT2D eigenvalue weighted by atomic mass is 10.1. The molecule has 1 rings (SSSR count). The predicted molar refractivity (Wildman–Crippen MR) is 57.0 cm³/mol. The first-order valence-corrected chi connectivity index (χ1v) is 4.95. The van der Waals surface area contributed by atoms with Gasteiger partial charge in [-0.05, 0) is 44.0 Å². The van der Waals surface area contributed by atoms with E-state index in [1.165, 1.54) is 0 Å². The van der Waals surface area contributed by atoms with Gasteiger partial charge in [-0.15, -0.1) is 0 Å². The Labute approximate surface area is 84.9 Å². The van der Waals surface area contributed by atoms with Crippen molar-refractivity contribution in [1.29, 1.82) is 0 Å². The van der Waals surface area contributed by atoms with Crippen molar-refractivity contribution in [3.63, 3.8) is 0 Å². The van der Waals surface area contributed by atoms with Gasteiger partial charge in [0.25, 0.3) is 0 Å². The van der Waals surface area contributed by atoms with Crippen LogP contribution in [0, 0.1) is 0 Å². The fourth-order valence-corrected chi connectivity index (χ4v) is 1.37. The molecule has 0 aliphatic heterocycles. The highest BCUT2D eigenvalue weighted by Crippen LogP contribution is 2.20. The van der Waals surface area contributed by atoms with Crippen molar-refractivity contribution in [2.75, 3.05) is 6.61 Å². The van der Waals surface area contributed by atoms with Gasteiger partial charge in [-0.1, -0.05) is 6.92 Å². The second-order valence-corrected chi connectivity index (χ2v) is 3.17. The molecule has 76 valence electrons. The molecule has 2 nitrogen and oxygen atoms in total. The molecule has 0 aromatic heterocycles. The predicted octanol–water partition coefficient (Wildman–Crippen LogP) is 2.85. The minimum atomic E-state index is 0.0998. The fraction of sp³-hybridized carbons (Fsp3) is 0.417. The number of hydrogen-bond acceptors (Lipinski definition) is 2. The van der Waals surface area contributed by atoms with Crippen LogP contribution in [0.4, 0.5) is 0 Å². The normalized spacial score (nSPS) is 9.93. The average molecular weight is 192 g/mol. The minimum absolute atomic E-state index is 0.0998. The SMILES string of the molecule is CCOc1ccc(C(C)=O)cc1CC. The van der Waals surface area contributed by atoms with Gasteiger partial charge in [0, 0.05) is 5.56 Å². The van der Waals surface area contributed by atoms with Crippen LogP contribution < -0.4 is 4.74 Å². The van der Waals surface area contributed by atoms with Crippen LogP contribution in [0.1, 0.15) is 36.7 Å². The molecular formula is C12H16O2. The van der Waals surface area contributed by atoms with E-state index in [9.17, 15) is 4.79 Å². The number of aryl methyl sites for hydroxylation is 1. The van der Waals surface area contributed by atoms with E-state index in [4.69, 9.17) is 4.74 Å². The van der Waals surface area contributed by atoms with Gasteiger partial charge >= 0.3 is 0 Å². The molecule has 0 fully saturated rings. The first kappa shape index (κ1) is 10.8. The quantitative estimate of drug-likeness (QED) is 0.686. The largest absolute Gasteiger partial charge is 0.494 e. The van der Waals surface area contributed by atoms with Crippen LogP contribution in [-0.4, -0.2) is 12.4 Å². The molecule has 0 bridgehead atoms. The Balaban J connectivity index is 3.04. The van der Waals surface area contributed by atoms with Gasteiger partial charge in [0.2, 0.25) is 0 Å². The van der Waals surface area contributed by atoms with E-state index < -0.39 is 0 Å². The van der Waals surface area contributed by atoms with Crippen molar-refractivity contribution in [3.8, 4) is 5.75 Å². The average Bonchev–Trinajstić information content (AvgIpc) is 2.18. The summed E-state index contributed by atoms with van der Waals surface area (Å²) >= 11 is 0. The third-order valence-corrected chi connectivity index (χ3v) is 2.15. The third kappa shape index (κ3) is 2.34. The molecule has 0 saturated heterocycles. The van der Waals surface area contributed by atoms with E-state index in [1.807, 2.05) is 25.1 Å². The highest BCUT2D eigenvalue weighted by molar-refractivity contribution is 5.94. The van der Waals surface area contributed by atoms with Gasteiger partial charge in [0.1, 0.15) is 5.75 Å². The van der Waals surface area contributed by atoms with Gasteiger partial charge in [-0.25, -0.2) is 0 Å². The van der Waals surface area contributed by atoms with E-state index in [-0.39, 0.29) is 5.78 Å². The number of Topliss-reactive ketones (excluding diaryl/α,β-unsaturated/α-hetero) is 1. The second-order valence-electron chi connectivity index (χ2n) is 3.17. The number of carbonyl (C=O) groups is 1. The van der Waals surface area contributed by atoms with E-state index in [0.717, 1.165) is 23.3 Å². The molecule has 1 aromatic rings. The summed E-state index contributed by atoms with van der Waals surface area (Å²) in [5.74, 6) is 0.989. The molecular weight excluding hydrogens is 176 g/mol. The Kier molecular flexibility index (Phi) is 3.69. The fourth-order valence-electron chi connectivity index (χ4n) is 1.37. The van der Waals surface area contributed by atoms with Crippen LogP contribution in [-0.2, 0) is 6.42 Å². The molecule has 0 unspecified atom stereocenters. The maximum atomic E-state index is 11.1. The summed E-state index contributed by atoms with van der Waals surface area (Å²) in [6, 6.07) is 5.60. The van der Waals surface area contributed by atoms with Crippen LogP contribution in [0.5, 0.6) is 5.75 Å². The lowest BCUT2D eigenvalue weighted by Crippen LogP contribution is -1.99. The summed E-state index contributed by atoms with van der Waals surface area (Å²) in [5.41, 5.74) is 1.85. The van der Waals surface area contributed by atoms with Crippen molar-refractivity contribution in [1.82, 2.24) is 0 Å². The maximum Gasteiger partial charge on any atom is 0.159 e. The zero-order chi connectivity index (χ0) is 10.6. The number of hydrogen-bond donors (Lipinski definition) is 0. The van der Waals surface area contributed by atoms with Crippen LogP contribution in [0.2, 0.25) is 0 Å². The zero-order valence-corrected chi connectivity index (χ0v) is 8.96. The zero-order valence-electron chi connectivity index (χ0n) is 8.96. The molecule has 0 N–H and O–H groups in total. The smallest absolute Gasteiger partial charge is 0.159 e. The monoisotopic (exact) mass is 192 g/mol. The Hall–Kier alpha value is -1.31. The van der Waals surface area contributed by atoms with E-state index in [0.29, 0.717) is 6.61 Å². The lowest BCUT2D eigenvalue weighted by molar-refractivity contribution is 0.101. The first-order valence-electron chi connectivity index (χ1n) is 4.95. The van der Waals surface area contributed by atoms with E-state index in [2.05, 4.69) is 6.92 Å². The van der Waals surface area contributed by atoms with Gasteiger partial charge in [0.05, 0.1) is 6.61 Å². The Morgan fingerprint density at radius 3 is 2.57 bits per heavy atom. The summed E-state index contributed by atoms with van der Waals surface area (Å²) in [4.78, 5) is 11.1. The van der Waals surface area contributed by atoms with Gasteiger partial charge in [-0.3, -0.25) is 4.79 Å². The van der Waals surface area contributed by atoms with Crippen molar-refractivity contribution in [2.24, 2.45) is 0 Å². The van der Waals surface area contributed by atoms with Crippen molar-refractivity contribution < 1.29 is 9.53 Å². The molecule has 0 aliphatic carbocycles. The van der Waals surface area contributed by atoms with Gasteiger partial charge in [0.15, 0.2) is 5.78 Å². The molecule has 2 heteroatoms. The number of rotatable bonds is 4. The molecule has 0 saturated carbocycles. The minimum Gasteiger partial charge on any atom is -0.494 e. The van der Waals surface area contributed by atoms with Crippen LogP contribution >= 0.6 is 0 Å². The van der Waals surface area contributed by atoms with Crippen LogP contribution in [0.25, 0.3) is 0 Å². The first-order chi connectivity index (χ1) is 6.69. The van der Waals surface area contributed by atoms with Gasteiger partial charge < -0.3 is 4.74 Å². The number of benzene rings is 1.